The van der Waals surface area contributed by atoms with Crippen molar-refractivity contribution in [2.75, 3.05) is 17.2 Å². The van der Waals surface area contributed by atoms with Crippen LogP contribution in [0.15, 0.2) is 30.5 Å². The Morgan fingerprint density at radius 3 is 2.65 bits per heavy atom. The highest BCUT2D eigenvalue weighted by Gasteiger charge is 2.03. The van der Waals surface area contributed by atoms with Gasteiger partial charge in [0.1, 0.15) is 5.82 Å². The maximum atomic E-state index is 5.98. The molecule has 0 bridgehead atoms. The molecule has 0 fully saturated rings. The third kappa shape index (κ3) is 4.25. The van der Waals surface area contributed by atoms with Gasteiger partial charge in [-0.3, -0.25) is 0 Å². The van der Waals surface area contributed by atoms with Crippen LogP contribution in [0.1, 0.15) is 13.8 Å². The molecule has 106 valence electrons. The van der Waals surface area contributed by atoms with E-state index in [9.17, 15) is 0 Å². The van der Waals surface area contributed by atoms with E-state index in [1.165, 1.54) is 0 Å². The smallest absolute Gasteiger partial charge is 0.224 e. The molecule has 0 saturated carbocycles. The summed E-state index contributed by atoms with van der Waals surface area (Å²) in [7, 11) is 0. The Balaban J connectivity index is 2.08. The normalized spacial score (nSPS) is 10.7. The van der Waals surface area contributed by atoms with Crippen molar-refractivity contribution in [1.82, 2.24) is 9.97 Å². The molecule has 20 heavy (non-hydrogen) atoms. The summed E-state index contributed by atoms with van der Waals surface area (Å²) >= 11 is 11.9. The van der Waals surface area contributed by atoms with Crippen LogP contribution in [0.2, 0.25) is 10.0 Å². The van der Waals surface area contributed by atoms with Gasteiger partial charge in [-0.1, -0.05) is 37.0 Å². The fourth-order valence-corrected chi connectivity index (χ4v) is 1.83. The predicted molar refractivity (Wildman–Crippen MR) is 85.1 cm³/mol. The molecule has 2 rings (SSSR count). The predicted octanol–water partition coefficient (Wildman–Crippen LogP) is 4.59. The van der Waals surface area contributed by atoms with Crippen molar-refractivity contribution in [2.45, 2.75) is 13.8 Å². The topological polar surface area (TPSA) is 49.8 Å². The first-order valence-corrected chi connectivity index (χ1v) is 7.09. The molecule has 0 aliphatic heterocycles. The Labute approximate surface area is 128 Å². The van der Waals surface area contributed by atoms with E-state index >= 15 is 0 Å². The minimum Gasteiger partial charge on any atom is -0.354 e. The summed E-state index contributed by atoms with van der Waals surface area (Å²) < 4.78 is 0. The SMILES string of the molecule is CC(C)CNc1nccc(Nc2ccc(Cl)c(Cl)c2)n1. The second-order valence-corrected chi connectivity index (χ2v) is 5.61. The Kier molecular flexibility index (Phi) is 5.04. The average Bonchev–Trinajstić information content (AvgIpc) is 2.41. The lowest BCUT2D eigenvalue weighted by atomic mass is 10.2. The van der Waals surface area contributed by atoms with Crippen LogP contribution in [0.25, 0.3) is 0 Å². The summed E-state index contributed by atoms with van der Waals surface area (Å²) in [5.74, 6) is 1.83. The van der Waals surface area contributed by atoms with E-state index in [4.69, 9.17) is 23.2 Å². The number of nitrogens with one attached hydrogen (secondary N) is 2. The number of benzene rings is 1. The molecule has 2 N–H and O–H groups in total. The molecule has 0 aliphatic carbocycles. The minimum atomic E-state index is 0.504. The van der Waals surface area contributed by atoms with Crippen molar-refractivity contribution in [1.29, 1.82) is 0 Å². The van der Waals surface area contributed by atoms with Gasteiger partial charge in [-0.2, -0.15) is 4.98 Å². The first kappa shape index (κ1) is 14.9. The van der Waals surface area contributed by atoms with Crippen LogP contribution in [0.5, 0.6) is 0 Å². The van der Waals surface area contributed by atoms with Gasteiger partial charge in [0.2, 0.25) is 5.95 Å². The first-order valence-electron chi connectivity index (χ1n) is 6.33. The van der Waals surface area contributed by atoms with E-state index in [0.717, 1.165) is 12.2 Å². The van der Waals surface area contributed by atoms with Gasteiger partial charge in [-0.15, -0.1) is 0 Å². The largest absolute Gasteiger partial charge is 0.354 e. The highest BCUT2D eigenvalue weighted by molar-refractivity contribution is 6.42. The molecule has 0 unspecified atom stereocenters. The second-order valence-electron chi connectivity index (χ2n) is 4.79. The van der Waals surface area contributed by atoms with Gasteiger partial charge < -0.3 is 10.6 Å². The van der Waals surface area contributed by atoms with Gasteiger partial charge in [0.15, 0.2) is 0 Å². The zero-order valence-electron chi connectivity index (χ0n) is 11.3. The molecule has 0 aliphatic rings. The molecule has 0 saturated heterocycles. The average molecular weight is 311 g/mol. The van der Waals surface area contributed by atoms with E-state index in [1.54, 1.807) is 24.4 Å². The fourth-order valence-electron chi connectivity index (χ4n) is 1.53. The molecule has 2 aromatic rings. The quantitative estimate of drug-likeness (QED) is 0.847. The van der Waals surface area contributed by atoms with E-state index in [0.29, 0.717) is 27.7 Å². The van der Waals surface area contributed by atoms with Crippen LogP contribution in [0, 0.1) is 5.92 Å². The van der Waals surface area contributed by atoms with E-state index in [2.05, 4.69) is 34.4 Å². The molecule has 1 heterocycles. The molecular formula is C14H16Cl2N4. The van der Waals surface area contributed by atoms with E-state index in [-0.39, 0.29) is 0 Å². The monoisotopic (exact) mass is 310 g/mol. The Morgan fingerprint density at radius 1 is 1.15 bits per heavy atom. The Bertz CT molecular complexity index is 587. The lowest BCUT2D eigenvalue weighted by Crippen LogP contribution is -2.10. The summed E-state index contributed by atoms with van der Waals surface area (Å²) in [4.78, 5) is 8.56. The van der Waals surface area contributed by atoms with Gasteiger partial charge in [0.05, 0.1) is 10.0 Å². The fraction of sp³-hybridized carbons (Fsp3) is 0.286. The molecule has 4 nitrogen and oxygen atoms in total. The van der Waals surface area contributed by atoms with Crippen molar-refractivity contribution in [3.8, 4) is 0 Å². The molecule has 0 spiro atoms. The summed E-state index contributed by atoms with van der Waals surface area (Å²) in [6, 6.07) is 7.14. The van der Waals surface area contributed by atoms with Crippen molar-refractivity contribution in [2.24, 2.45) is 5.92 Å². The number of anilines is 3. The molecular weight excluding hydrogens is 295 g/mol. The number of rotatable bonds is 5. The van der Waals surface area contributed by atoms with Crippen LogP contribution in [0.4, 0.5) is 17.5 Å². The van der Waals surface area contributed by atoms with Gasteiger partial charge in [-0.05, 0) is 30.2 Å². The number of nitrogens with zero attached hydrogens (tertiary/aromatic N) is 2. The minimum absolute atomic E-state index is 0.504. The third-order valence-electron chi connectivity index (χ3n) is 2.52. The number of aromatic nitrogens is 2. The zero-order valence-corrected chi connectivity index (χ0v) is 12.8. The van der Waals surface area contributed by atoms with E-state index < -0.39 is 0 Å². The summed E-state index contributed by atoms with van der Waals surface area (Å²) in [6.07, 6.45) is 1.70. The van der Waals surface area contributed by atoms with Gasteiger partial charge in [0.25, 0.3) is 0 Å². The maximum Gasteiger partial charge on any atom is 0.224 e. The Morgan fingerprint density at radius 2 is 1.95 bits per heavy atom. The molecule has 0 atom stereocenters. The molecule has 0 amide bonds. The van der Waals surface area contributed by atoms with Crippen molar-refractivity contribution < 1.29 is 0 Å². The molecule has 1 aromatic carbocycles. The second kappa shape index (κ2) is 6.77. The standard InChI is InChI=1S/C14H16Cl2N4/c1-9(2)8-18-14-17-6-5-13(20-14)19-10-3-4-11(15)12(16)7-10/h3-7,9H,8H2,1-2H3,(H2,17,18,19,20). The molecule has 0 radical (unpaired) electrons. The molecule has 1 aromatic heterocycles. The van der Waals surface area contributed by atoms with E-state index in [1.807, 2.05) is 6.07 Å². The first-order chi connectivity index (χ1) is 9.54. The van der Waals surface area contributed by atoms with Crippen molar-refractivity contribution >= 4 is 40.7 Å². The lowest BCUT2D eigenvalue weighted by molar-refractivity contribution is 0.684. The number of hydrogen-bond acceptors (Lipinski definition) is 4. The number of halogens is 2. The van der Waals surface area contributed by atoms with Crippen LogP contribution in [-0.2, 0) is 0 Å². The summed E-state index contributed by atoms with van der Waals surface area (Å²) in [6.45, 7) is 5.09. The summed E-state index contributed by atoms with van der Waals surface area (Å²) in [5.41, 5.74) is 0.827. The van der Waals surface area contributed by atoms with Gasteiger partial charge in [0, 0.05) is 18.4 Å². The lowest BCUT2D eigenvalue weighted by Gasteiger charge is -2.10. The Hall–Kier alpha value is -1.52. The van der Waals surface area contributed by atoms with Crippen molar-refractivity contribution in [3.05, 3.63) is 40.5 Å². The third-order valence-corrected chi connectivity index (χ3v) is 3.26. The van der Waals surface area contributed by atoms with Gasteiger partial charge >= 0.3 is 0 Å². The van der Waals surface area contributed by atoms with Crippen LogP contribution in [-0.4, -0.2) is 16.5 Å². The van der Waals surface area contributed by atoms with Crippen LogP contribution in [0.3, 0.4) is 0 Å². The zero-order chi connectivity index (χ0) is 14.5. The maximum absolute atomic E-state index is 5.98. The highest BCUT2D eigenvalue weighted by Crippen LogP contribution is 2.26. The summed E-state index contributed by atoms with van der Waals surface area (Å²) in [5, 5.41) is 7.38. The molecule has 6 heteroatoms. The number of hydrogen-bond donors (Lipinski definition) is 2. The van der Waals surface area contributed by atoms with Crippen LogP contribution < -0.4 is 10.6 Å². The van der Waals surface area contributed by atoms with Gasteiger partial charge in [-0.25, -0.2) is 4.98 Å². The van der Waals surface area contributed by atoms with Crippen molar-refractivity contribution in [3.63, 3.8) is 0 Å². The highest BCUT2D eigenvalue weighted by atomic mass is 35.5. The van der Waals surface area contributed by atoms with Crippen LogP contribution >= 0.6 is 23.2 Å².